The first kappa shape index (κ1) is 74.7. The van der Waals surface area contributed by atoms with Gasteiger partial charge in [0.15, 0.2) is 6.10 Å². The smallest absolute Gasteiger partial charge is 0.462 e. The van der Waals surface area contributed by atoms with Crippen LogP contribution in [0.15, 0.2) is 85.1 Å². The number of aliphatic hydroxyl groups excluding tert-OH is 1. The molecular weight excluding hydrogens is 1000 g/mol. The first-order valence-corrected chi connectivity index (χ1v) is 33.0. The summed E-state index contributed by atoms with van der Waals surface area (Å²) in [5.41, 5.74) is 0. The zero-order chi connectivity index (χ0) is 56.9. The van der Waals surface area contributed by atoms with E-state index in [0.29, 0.717) is 25.7 Å². The molecule has 12 heteroatoms. The lowest BCUT2D eigenvalue weighted by molar-refractivity contribution is -0.161. The Bertz CT molecular complexity index is 1630. The number of aliphatic hydroxyl groups is 1. The number of esters is 3. The molecular formula is C66H115O11P. The van der Waals surface area contributed by atoms with Crippen LogP contribution < -0.4 is 0 Å². The first-order valence-electron chi connectivity index (χ1n) is 31.5. The molecule has 0 aliphatic heterocycles. The lowest BCUT2D eigenvalue weighted by Crippen LogP contribution is -2.30. The Hall–Kier alpha value is -3.34. The van der Waals surface area contributed by atoms with Gasteiger partial charge in [-0.2, -0.15) is 0 Å². The number of carbonyl (C=O) groups is 3. The molecule has 0 saturated carbocycles. The van der Waals surface area contributed by atoms with E-state index < -0.39 is 57.8 Å². The van der Waals surface area contributed by atoms with E-state index in [4.69, 9.17) is 23.3 Å². The summed E-state index contributed by atoms with van der Waals surface area (Å²) in [6, 6.07) is 0. The molecule has 450 valence electrons. The number of phosphoric ester groups is 1. The van der Waals surface area contributed by atoms with Gasteiger partial charge < -0.3 is 24.2 Å². The molecule has 0 saturated heterocycles. The van der Waals surface area contributed by atoms with Crippen LogP contribution in [0.3, 0.4) is 0 Å². The number of rotatable bonds is 58. The van der Waals surface area contributed by atoms with Crippen molar-refractivity contribution in [2.75, 3.05) is 26.4 Å². The van der Waals surface area contributed by atoms with E-state index in [1.807, 2.05) is 12.2 Å². The van der Waals surface area contributed by atoms with Gasteiger partial charge in [-0.25, -0.2) is 4.57 Å². The molecule has 3 unspecified atom stereocenters. The maximum atomic E-state index is 12.9. The van der Waals surface area contributed by atoms with Gasteiger partial charge in [0, 0.05) is 19.3 Å². The van der Waals surface area contributed by atoms with Crippen molar-refractivity contribution in [2.45, 2.75) is 290 Å². The molecule has 0 bridgehead atoms. The van der Waals surface area contributed by atoms with Gasteiger partial charge in [0.2, 0.25) is 0 Å². The maximum Gasteiger partial charge on any atom is 0.472 e. The fraction of sp³-hybridized carbons (Fsp3) is 0.742. The summed E-state index contributed by atoms with van der Waals surface area (Å²) in [6.45, 7) is 4.48. The fourth-order valence-electron chi connectivity index (χ4n) is 8.50. The van der Waals surface area contributed by atoms with Crippen molar-refractivity contribution in [3.8, 4) is 0 Å². The number of hydrogen-bond acceptors (Lipinski definition) is 10. The highest BCUT2D eigenvalue weighted by molar-refractivity contribution is 7.47. The van der Waals surface area contributed by atoms with Crippen molar-refractivity contribution >= 4 is 25.7 Å². The van der Waals surface area contributed by atoms with Gasteiger partial charge in [-0.15, -0.1) is 0 Å². The van der Waals surface area contributed by atoms with Crippen LogP contribution in [0, 0.1) is 0 Å². The molecule has 0 radical (unpaired) electrons. The summed E-state index contributed by atoms with van der Waals surface area (Å²) in [5, 5.41) is 9.85. The maximum absolute atomic E-state index is 12.9. The minimum absolute atomic E-state index is 0.0863. The Morgan fingerprint density at radius 1 is 0.372 bits per heavy atom. The van der Waals surface area contributed by atoms with Crippen LogP contribution >= 0.6 is 7.82 Å². The summed E-state index contributed by atoms with van der Waals surface area (Å²) in [4.78, 5) is 48.7. The van der Waals surface area contributed by atoms with Crippen LogP contribution in [0.2, 0.25) is 0 Å². The van der Waals surface area contributed by atoms with E-state index in [2.05, 4.69) is 93.7 Å². The fourth-order valence-corrected chi connectivity index (χ4v) is 9.28. The number of allylic oxidation sites excluding steroid dienone is 14. The number of ether oxygens (including phenoxy) is 3. The van der Waals surface area contributed by atoms with Crippen LogP contribution in [0.1, 0.15) is 278 Å². The Morgan fingerprint density at radius 3 is 1.09 bits per heavy atom. The molecule has 0 aliphatic rings. The SMILES string of the molecule is CC/C=C\C/C=C\C/C=C\C/C=C\C/C=C\CCCC(=O)OC(COC(=O)CCCCCCCCC/C=C\CCCCCCCC)COP(=O)(O)OCC(CO)OC(=O)CCCCCCCCC/C=C\CCCCCCCC. The summed E-state index contributed by atoms with van der Waals surface area (Å²) in [7, 11) is -4.77. The monoisotopic (exact) mass is 1110 g/mol. The summed E-state index contributed by atoms with van der Waals surface area (Å²) < 4.78 is 39.6. The molecule has 0 amide bonds. The highest BCUT2D eigenvalue weighted by Crippen LogP contribution is 2.43. The Morgan fingerprint density at radius 2 is 0.679 bits per heavy atom. The second-order valence-electron chi connectivity index (χ2n) is 20.8. The minimum atomic E-state index is -4.77. The van der Waals surface area contributed by atoms with Crippen LogP contribution in [0.25, 0.3) is 0 Å². The highest BCUT2D eigenvalue weighted by Gasteiger charge is 2.28. The van der Waals surface area contributed by atoms with Crippen molar-refractivity contribution in [3.05, 3.63) is 85.1 Å². The van der Waals surface area contributed by atoms with E-state index in [0.717, 1.165) is 83.5 Å². The van der Waals surface area contributed by atoms with Gasteiger partial charge in [-0.3, -0.25) is 23.4 Å². The van der Waals surface area contributed by atoms with E-state index in [1.165, 1.54) is 128 Å². The van der Waals surface area contributed by atoms with Gasteiger partial charge in [0.05, 0.1) is 19.8 Å². The van der Waals surface area contributed by atoms with E-state index in [1.54, 1.807) is 0 Å². The lowest BCUT2D eigenvalue weighted by Gasteiger charge is -2.21. The minimum Gasteiger partial charge on any atom is -0.462 e. The van der Waals surface area contributed by atoms with E-state index >= 15 is 0 Å². The van der Waals surface area contributed by atoms with Crippen molar-refractivity contribution in [1.82, 2.24) is 0 Å². The van der Waals surface area contributed by atoms with Crippen molar-refractivity contribution in [3.63, 3.8) is 0 Å². The van der Waals surface area contributed by atoms with Gasteiger partial charge in [-0.1, -0.05) is 234 Å². The molecule has 0 aliphatic carbocycles. The van der Waals surface area contributed by atoms with Crippen molar-refractivity contribution in [2.24, 2.45) is 0 Å². The predicted molar refractivity (Wildman–Crippen MR) is 325 cm³/mol. The average molecular weight is 1120 g/mol. The molecule has 0 rings (SSSR count). The third-order valence-corrected chi connectivity index (χ3v) is 14.2. The second-order valence-corrected chi connectivity index (χ2v) is 22.3. The summed E-state index contributed by atoms with van der Waals surface area (Å²) >= 11 is 0. The summed E-state index contributed by atoms with van der Waals surface area (Å²) in [5.74, 6) is -1.54. The molecule has 0 spiro atoms. The number of phosphoric acid groups is 1. The molecule has 11 nitrogen and oxygen atoms in total. The average Bonchev–Trinajstić information content (AvgIpc) is 3.43. The molecule has 0 fully saturated rings. The van der Waals surface area contributed by atoms with Crippen LogP contribution in [0.4, 0.5) is 0 Å². The molecule has 0 aromatic rings. The Kier molecular flexibility index (Phi) is 57.2. The Balaban J connectivity index is 4.77. The van der Waals surface area contributed by atoms with Crippen LogP contribution in [-0.2, 0) is 42.2 Å². The van der Waals surface area contributed by atoms with Crippen molar-refractivity contribution < 1.29 is 52.2 Å². The lowest BCUT2D eigenvalue weighted by atomic mass is 10.1. The topological polar surface area (TPSA) is 155 Å². The Labute approximate surface area is 477 Å². The largest absolute Gasteiger partial charge is 0.472 e. The number of unbranched alkanes of at least 4 members (excludes halogenated alkanes) is 27. The van der Waals surface area contributed by atoms with E-state index in [-0.39, 0.29) is 25.9 Å². The molecule has 0 aromatic heterocycles. The number of carbonyl (C=O) groups excluding carboxylic acids is 3. The normalized spacial score (nSPS) is 13.9. The second kappa shape index (κ2) is 59.8. The van der Waals surface area contributed by atoms with Gasteiger partial charge in [0.1, 0.15) is 12.7 Å². The molecule has 3 atom stereocenters. The molecule has 0 aromatic carbocycles. The van der Waals surface area contributed by atoms with Crippen LogP contribution in [0.5, 0.6) is 0 Å². The van der Waals surface area contributed by atoms with Gasteiger partial charge in [-0.05, 0) is 109 Å². The van der Waals surface area contributed by atoms with E-state index in [9.17, 15) is 28.9 Å². The standard InChI is InChI=1S/C66H115O11P/c1-4-7-10-13-16-19-22-25-28-31-34-37-40-43-46-49-52-55-64(68)73-59-63(77-66(70)57-54-51-48-45-42-39-36-33-30-27-24-21-18-15-12-9-6-3)61-75-78(71,72)74-60-62(58-67)76-65(69)56-53-50-47-44-41-38-35-32-29-26-23-20-17-14-11-8-5-2/h9,12,18,21,25-30,36,39,45,48,62-63,67H,4-8,10-11,13-17,19-20,22-24,31-35,37-38,40-44,46-47,49-61H2,1-3H3,(H,71,72)/b12-9-,21-18-,28-25-,29-26-,30-27-,39-36-,48-45-. The summed E-state index contributed by atoms with van der Waals surface area (Å²) in [6.07, 6.45) is 69.7. The number of hydrogen-bond donors (Lipinski definition) is 2. The zero-order valence-electron chi connectivity index (χ0n) is 49.9. The molecule has 2 N–H and O–H groups in total. The van der Waals surface area contributed by atoms with Gasteiger partial charge in [0.25, 0.3) is 0 Å². The third-order valence-electron chi connectivity index (χ3n) is 13.3. The first-order chi connectivity index (χ1) is 38.2. The van der Waals surface area contributed by atoms with Gasteiger partial charge >= 0.3 is 25.7 Å². The predicted octanol–water partition coefficient (Wildman–Crippen LogP) is 19.0. The van der Waals surface area contributed by atoms with Crippen molar-refractivity contribution in [1.29, 1.82) is 0 Å². The quantitative estimate of drug-likeness (QED) is 0.0197. The van der Waals surface area contributed by atoms with Crippen LogP contribution in [-0.4, -0.2) is 66.5 Å². The zero-order valence-corrected chi connectivity index (χ0v) is 50.8. The molecule has 0 heterocycles. The third kappa shape index (κ3) is 57.3. The highest BCUT2D eigenvalue weighted by atomic mass is 31.2. The molecule has 78 heavy (non-hydrogen) atoms.